The molecule has 1 aliphatic carbocycles. The van der Waals surface area contributed by atoms with Gasteiger partial charge in [-0.25, -0.2) is 19.0 Å². The number of nitrogens with zero attached hydrogens (tertiary/aromatic N) is 4. The summed E-state index contributed by atoms with van der Waals surface area (Å²) < 4.78 is 54.9. The molecule has 0 radical (unpaired) electrons. The van der Waals surface area contributed by atoms with Crippen molar-refractivity contribution >= 4 is 22.8 Å². The molecule has 2 fully saturated rings. The number of rotatable bonds is 5. The summed E-state index contributed by atoms with van der Waals surface area (Å²) in [6.07, 6.45) is -2.72. The second-order valence-corrected chi connectivity index (χ2v) is 11.5. The van der Waals surface area contributed by atoms with Crippen molar-refractivity contribution in [1.82, 2.24) is 19.8 Å². The van der Waals surface area contributed by atoms with Crippen LogP contribution in [0, 0.1) is 17.8 Å². The molecule has 1 aliphatic heterocycles. The van der Waals surface area contributed by atoms with Gasteiger partial charge in [0.25, 0.3) is 0 Å². The Hall–Kier alpha value is -4.39. The standard InChI is InChI=1S/C33H31F4N5O/c1-4-41(5-2)30(43)42-15-13-31(14-16-42)20-32(31,23-11-9-21(10-12-23)22-7-6-8-24(17-22)38-3)29-39-27-18-25(33(35,36)37)26(34)19-28(27)40-29/h6-12,17-19H,4-5,13-16,20H2,1-2H3,(H,39,40). The molecule has 2 aliphatic rings. The molecule has 2 heterocycles. The molecule has 1 unspecified atom stereocenters. The van der Waals surface area contributed by atoms with Crippen LogP contribution in [-0.2, 0) is 11.6 Å². The molecule has 1 aromatic heterocycles. The van der Waals surface area contributed by atoms with Crippen LogP contribution in [0.15, 0.2) is 60.7 Å². The van der Waals surface area contributed by atoms with E-state index in [1.807, 2.05) is 61.2 Å². The number of benzene rings is 3. The third-order valence-electron chi connectivity index (χ3n) is 9.38. The summed E-state index contributed by atoms with van der Waals surface area (Å²) in [6.45, 7) is 13.6. The first-order valence-corrected chi connectivity index (χ1v) is 14.4. The summed E-state index contributed by atoms with van der Waals surface area (Å²) in [7, 11) is 0. The van der Waals surface area contributed by atoms with Crippen LogP contribution in [0.4, 0.5) is 28.0 Å². The summed E-state index contributed by atoms with van der Waals surface area (Å²) in [5.74, 6) is -0.848. The smallest absolute Gasteiger partial charge is 0.341 e. The molecular weight excluding hydrogens is 558 g/mol. The molecule has 222 valence electrons. The average molecular weight is 590 g/mol. The van der Waals surface area contributed by atoms with Gasteiger partial charge in [-0.1, -0.05) is 42.5 Å². The molecule has 1 saturated carbocycles. The van der Waals surface area contributed by atoms with Crippen LogP contribution < -0.4 is 0 Å². The number of carbonyl (C=O) groups excluding carboxylic acids is 1. The first-order chi connectivity index (χ1) is 20.5. The molecule has 6 rings (SSSR count). The van der Waals surface area contributed by atoms with E-state index in [0.29, 0.717) is 57.0 Å². The monoisotopic (exact) mass is 589 g/mol. The number of hydrogen-bond acceptors (Lipinski definition) is 2. The van der Waals surface area contributed by atoms with E-state index in [0.717, 1.165) is 28.8 Å². The van der Waals surface area contributed by atoms with E-state index in [1.165, 1.54) is 0 Å². The van der Waals surface area contributed by atoms with E-state index >= 15 is 0 Å². The van der Waals surface area contributed by atoms with Crippen molar-refractivity contribution in [1.29, 1.82) is 0 Å². The largest absolute Gasteiger partial charge is 0.419 e. The van der Waals surface area contributed by atoms with E-state index in [1.54, 1.807) is 11.0 Å². The zero-order valence-electron chi connectivity index (χ0n) is 23.9. The van der Waals surface area contributed by atoms with Crippen LogP contribution in [0.25, 0.3) is 27.0 Å². The second kappa shape index (κ2) is 10.4. The number of H-pyrrole nitrogens is 1. The quantitative estimate of drug-likeness (QED) is 0.189. The zero-order chi connectivity index (χ0) is 30.6. The van der Waals surface area contributed by atoms with Gasteiger partial charge in [0, 0.05) is 32.2 Å². The fraction of sp³-hybridized carbons (Fsp3) is 0.364. The minimum atomic E-state index is -4.83. The van der Waals surface area contributed by atoms with Gasteiger partial charge in [0.05, 0.1) is 28.6 Å². The van der Waals surface area contributed by atoms with Crippen molar-refractivity contribution in [3.8, 4) is 11.1 Å². The van der Waals surface area contributed by atoms with Crippen LogP contribution in [0.1, 0.15) is 50.1 Å². The highest BCUT2D eigenvalue weighted by Gasteiger charge is 2.70. The van der Waals surface area contributed by atoms with E-state index in [2.05, 4.69) is 14.8 Å². The lowest BCUT2D eigenvalue weighted by atomic mass is 9.79. The molecule has 1 spiro atoms. The number of piperidine rings is 1. The summed E-state index contributed by atoms with van der Waals surface area (Å²) in [5.41, 5.74) is 1.37. The maximum Gasteiger partial charge on any atom is 0.419 e. The van der Waals surface area contributed by atoms with E-state index in [4.69, 9.17) is 6.57 Å². The van der Waals surface area contributed by atoms with Crippen molar-refractivity contribution in [3.05, 3.63) is 94.8 Å². The topological polar surface area (TPSA) is 56.6 Å². The predicted molar refractivity (Wildman–Crippen MR) is 156 cm³/mol. The first-order valence-electron chi connectivity index (χ1n) is 14.4. The number of carbonyl (C=O) groups is 1. The van der Waals surface area contributed by atoms with Gasteiger partial charge >= 0.3 is 12.2 Å². The van der Waals surface area contributed by atoms with E-state index in [9.17, 15) is 22.4 Å². The molecular formula is C33H31F4N5O. The minimum absolute atomic E-state index is 0.0102. The van der Waals surface area contributed by atoms with Gasteiger partial charge in [-0.3, -0.25) is 0 Å². The van der Waals surface area contributed by atoms with Gasteiger partial charge < -0.3 is 14.8 Å². The fourth-order valence-electron chi connectivity index (χ4n) is 6.92. The van der Waals surface area contributed by atoms with Crippen LogP contribution in [-0.4, -0.2) is 52.0 Å². The molecule has 1 saturated heterocycles. The zero-order valence-corrected chi connectivity index (χ0v) is 23.9. The number of halogens is 4. The van der Waals surface area contributed by atoms with Crippen LogP contribution in [0.2, 0.25) is 0 Å². The number of amides is 2. The summed E-state index contributed by atoms with van der Waals surface area (Å²) in [6, 6.07) is 17.0. The molecule has 6 nitrogen and oxygen atoms in total. The average Bonchev–Trinajstić information content (AvgIpc) is 3.45. The van der Waals surface area contributed by atoms with Crippen LogP contribution >= 0.6 is 0 Å². The van der Waals surface area contributed by atoms with Gasteiger partial charge in [0.15, 0.2) is 5.69 Å². The molecule has 2 amide bonds. The summed E-state index contributed by atoms with van der Waals surface area (Å²) >= 11 is 0. The van der Waals surface area contributed by atoms with Crippen molar-refractivity contribution < 1.29 is 22.4 Å². The molecule has 0 bridgehead atoms. The number of urea groups is 1. The molecule has 3 aromatic carbocycles. The number of fused-ring (bicyclic) bond motifs is 1. The number of aromatic amines is 1. The van der Waals surface area contributed by atoms with Gasteiger partial charge in [0.1, 0.15) is 11.6 Å². The second-order valence-electron chi connectivity index (χ2n) is 11.5. The van der Waals surface area contributed by atoms with Gasteiger partial charge in [0.2, 0.25) is 0 Å². The maximum absolute atomic E-state index is 14.5. The van der Waals surface area contributed by atoms with Crippen LogP contribution in [0.3, 0.4) is 0 Å². The number of hydrogen-bond donors (Lipinski definition) is 1. The maximum atomic E-state index is 14.5. The lowest BCUT2D eigenvalue weighted by Gasteiger charge is -2.37. The Balaban J connectivity index is 1.40. The molecule has 1 atom stereocenters. The van der Waals surface area contributed by atoms with Crippen molar-refractivity contribution in [2.75, 3.05) is 26.2 Å². The van der Waals surface area contributed by atoms with Crippen molar-refractivity contribution in [2.24, 2.45) is 5.41 Å². The molecule has 1 N–H and O–H groups in total. The van der Waals surface area contributed by atoms with E-state index < -0.39 is 23.0 Å². The third kappa shape index (κ3) is 4.71. The highest BCUT2D eigenvalue weighted by atomic mass is 19.4. The Kier molecular flexibility index (Phi) is 6.95. The number of likely N-dealkylation sites (tertiary alicyclic amines) is 1. The lowest BCUT2D eigenvalue weighted by Crippen LogP contribution is -2.47. The lowest BCUT2D eigenvalue weighted by molar-refractivity contribution is -0.139. The Morgan fingerprint density at radius 1 is 1.05 bits per heavy atom. The number of nitrogens with one attached hydrogen (secondary N) is 1. The number of aromatic nitrogens is 2. The summed E-state index contributed by atoms with van der Waals surface area (Å²) in [4.78, 5) is 28.1. The van der Waals surface area contributed by atoms with Gasteiger partial charge in [-0.2, -0.15) is 13.2 Å². The normalized spacial score (nSPS) is 19.4. The summed E-state index contributed by atoms with van der Waals surface area (Å²) in [5, 5.41) is 0. The minimum Gasteiger partial charge on any atom is -0.341 e. The molecule has 10 heteroatoms. The Morgan fingerprint density at radius 3 is 2.37 bits per heavy atom. The Labute approximate surface area is 247 Å². The number of alkyl halides is 3. The Bertz CT molecular complexity index is 1730. The SMILES string of the molecule is [C-]#[N+]c1cccc(-c2ccc(C3(c4nc5cc(F)c(C(F)(F)F)cc5[nH]4)CC34CCN(C(=O)N(CC)CC)CC4)cc2)c1. The third-order valence-corrected chi connectivity index (χ3v) is 9.38. The van der Waals surface area contributed by atoms with E-state index in [-0.39, 0.29) is 22.5 Å². The number of imidazole rings is 1. The highest BCUT2D eigenvalue weighted by Crippen LogP contribution is 2.72. The molecule has 4 aromatic rings. The predicted octanol–water partition coefficient (Wildman–Crippen LogP) is 8.17. The van der Waals surface area contributed by atoms with Gasteiger partial charge in [-0.15, -0.1) is 0 Å². The van der Waals surface area contributed by atoms with Crippen LogP contribution in [0.5, 0.6) is 0 Å². The van der Waals surface area contributed by atoms with Gasteiger partial charge in [-0.05, 0) is 67.3 Å². The fourth-order valence-corrected chi connectivity index (χ4v) is 6.92. The molecule has 43 heavy (non-hydrogen) atoms. The first kappa shape index (κ1) is 28.7. The van der Waals surface area contributed by atoms with Crippen molar-refractivity contribution in [3.63, 3.8) is 0 Å². The van der Waals surface area contributed by atoms with Crippen molar-refractivity contribution in [2.45, 2.75) is 44.7 Å². The highest BCUT2D eigenvalue weighted by molar-refractivity contribution is 5.78. The Morgan fingerprint density at radius 2 is 1.74 bits per heavy atom.